The van der Waals surface area contributed by atoms with Crippen molar-refractivity contribution >= 4 is 34.3 Å². The van der Waals surface area contributed by atoms with Gasteiger partial charge in [-0.25, -0.2) is 0 Å². The largest absolute Gasteiger partial charge is 0.329 e. The van der Waals surface area contributed by atoms with Crippen molar-refractivity contribution < 1.29 is 0 Å². The van der Waals surface area contributed by atoms with E-state index in [0.29, 0.717) is 12.6 Å². The van der Waals surface area contributed by atoms with Gasteiger partial charge in [-0.15, -0.1) is 0 Å². The molecule has 5 heteroatoms. The molecule has 3 nitrogen and oxygen atoms in total. The first-order valence-corrected chi connectivity index (χ1v) is 8.82. The Balaban J connectivity index is 2.07. The number of nitrogens with two attached hydrogens (primary N) is 1. The number of pyridine rings is 1. The van der Waals surface area contributed by atoms with Crippen LogP contribution in [0.25, 0.3) is 10.9 Å². The average Bonchev–Trinajstić information content (AvgIpc) is 2.52. The molecule has 0 amide bonds. The molecule has 0 bridgehead atoms. The quantitative estimate of drug-likeness (QED) is 0.941. The van der Waals surface area contributed by atoms with Crippen molar-refractivity contribution in [1.82, 2.24) is 9.88 Å². The molecule has 0 saturated carbocycles. The third-order valence-corrected chi connectivity index (χ3v) is 5.67. The van der Waals surface area contributed by atoms with Gasteiger partial charge >= 0.3 is 0 Å². The average molecular weight is 322 g/mol. The highest BCUT2D eigenvalue weighted by Crippen LogP contribution is 2.33. The number of fused-ring (bicyclic) bond motifs is 1. The van der Waals surface area contributed by atoms with Crippen molar-refractivity contribution in [3.05, 3.63) is 41.0 Å². The van der Waals surface area contributed by atoms with Crippen molar-refractivity contribution in [1.29, 1.82) is 0 Å². The summed E-state index contributed by atoms with van der Waals surface area (Å²) in [6.07, 6.45) is 1.82. The Bertz CT molecular complexity index is 634. The summed E-state index contributed by atoms with van der Waals surface area (Å²) in [5.41, 5.74) is 8.29. The van der Waals surface area contributed by atoms with Gasteiger partial charge in [-0.1, -0.05) is 17.7 Å². The molecule has 0 aliphatic carbocycles. The maximum Gasteiger partial charge on any atom is 0.0765 e. The summed E-state index contributed by atoms with van der Waals surface area (Å²) in [5, 5.41) is 1.76. The van der Waals surface area contributed by atoms with E-state index in [9.17, 15) is 0 Å². The van der Waals surface area contributed by atoms with Crippen molar-refractivity contribution in [2.45, 2.75) is 19.0 Å². The maximum atomic E-state index is 6.30. The summed E-state index contributed by atoms with van der Waals surface area (Å²) >= 11 is 8.32. The van der Waals surface area contributed by atoms with Crippen molar-refractivity contribution in [3.63, 3.8) is 0 Å². The molecule has 1 fully saturated rings. The number of rotatable bonds is 3. The van der Waals surface area contributed by atoms with Crippen LogP contribution in [0.1, 0.15) is 18.5 Å². The number of aromatic nitrogens is 1. The normalized spacial score (nSPS) is 21.6. The first kappa shape index (κ1) is 15.1. The van der Waals surface area contributed by atoms with Crippen LogP contribution in [0.3, 0.4) is 0 Å². The van der Waals surface area contributed by atoms with Crippen LogP contribution >= 0.6 is 23.4 Å². The predicted octanol–water partition coefficient (Wildman–Crippen LogP) is 3.33. The molecule has 2 aromatic rings. The fourth-order valence-electron chi connectivity index (χ4n) is 3.07. The van der Waals surface area contributed by atoms with Crippen LogP contribution < -0.4 is 5.73 Å². The van der Waals surface area contributed by atoms with Gasteiger partial charge in [-0.05, 0) is 30.7 Å². The number of hydrogen-bond donors (Lipinski definition) is 1. The minimum absolute atomic E-state index is 0.204. The van der Waals surface area contributed by atoms with Crippen LogP contribution in [0, 0.1) is 0 Å². The van der Waals surface area contributed by atoms with Crippen LogP contribution in [0.4, 0.5) is 0 Å². The van der Waals surface area contributed by atoms with Gasteiger partial charge in [0, 0.05) is 53.3 Å². The molecular weight excluding hydrogens is 302 g/mol. The Morgan fingerprint density at radius 1 is 1.48 bits per heavy atom. The van der Waals surface area contributed by atoms with Crippen LogP contribution in [-0.2, 0) is 0 Å². The first-order chi connectivity index (χ1) is 10.2. The van der Waals surface area contributed by atoms with E-state index in [2.05, 4.69) is 22.9 Å². The Labute approximate surface area is 134 Å². The summed E-state index contributed by atoms with van der Waals surface area (Å²) in [6.45, 7) is 3.95. The van der Waals surface area contributed by atoms with E-state index < -0.39 is 0 Å². The van der Waals surface area contributed by atoms with E-state index in [1.165, 1.54) is 11.3 Å². The number of nitrogens with zero attached hydrogens (tertiary/aromatic N) is 2. The third kappa shape index (κ3) is 2.90. The van der Waals surface area contributed by atoms with E-state index in [1.54, 1.807) is 0 Å². The topological polar surface area (TPSA) is 42.1 Å². The standard InChI is InChI=1S/C16H20ClN3S/c1-11-10-21-8-7-20(11)15(9-18)13-4-5-14(17)12-3-2-6-19-16(12)13/h2-6,11,15H,7-10,18H2,1H3. The lowest BCUT2D eigenvalue weighted by Gasteiger charge is -2.39. The smallest absolute Gasteiger partial charge is 0.0765 e. The molecule has 3 rings (SSSR count). The lowest BCUT2D eigenvalue weighted by atomic mass is 10.00. The molecule has 1 aromatic heterocycles. The molecule has 2 heterocycles. The lowest BCUT2D eigenvalue weighted by Crippen LogP contribution is -2.45. The predicted molar refractivity (Wildman–Crippen MR) is 92.0 cm³/mol. The fraction of sp³-hybridized carbons (Fsp3) is 0.438. The van der Waals surface area contributed by atoms with Crippen LogP contribution in [0.5, 0.6) is 0 Å². The monoisotopic (exact) mass is 321 g/mol. The molecule has 0 spiro atoms. The van der Waals surface area contributed by atoms with Gasteiger partial charge in [-0.3, -0.25) is 9.88 Å². The van der Waals surface area contributed by atoms with E-state index >= 15 is 0 Å². The highest BCUT2D eigenvalue weighted by Gasteiger charge is 2.28. The van der Waals surface area contributed by atoms with Gasteiger partial charge in [0.05, 0.1) is 5.52 Å². The maximum absolute atomic E-state index is 6.30. The van der Waals surface area contributed by atoms with E-state index in [1.807, 2.05) is 36.2 Å². The summed E-state index contributed by atoms with van der Waals surface area (Å²) in [7, 11) is 0. The van der Waals surface area contributed by atoms with Gasteiger partial charge in [0.1, 0.15) is 0 Å². The van der Waals surface area contributed by atoms with E-state index in [4.69, 9.17) is 17.3 Å². The Morgan fingerprint density at radius 3 is 3.10 bits per heavy atom. The van der Waals surface area contributed by atoms with Crippen LogP contribution in [-0.4, -0.2) is 40.5 Å². The number of benzene rings is 1. The third-order valence-electron chi connectivity index (χ3n) is 4.15. The van der Waals surface area contributed by atoms with Crippen molar-refractivity contribution in [3.8, 4) is 0 Å². The zero-order chi connectivity index (χ0) is 14.8. The van der Waals surface area contributed by atoms with E-state index in [0.717, 1.165) is 28.2 Å². The molecule has 2 N–H and O–H groups in total. The lowest BCUT2D eigenvalue weighted by molar-refractivity contribution is 0.167. The second kappa shape index (κ2) is 6.53. The van der Waals surface area contributed by atoms with Gasteiger partial charge in [0.25, 0.3) is 0 Å². The Kier molecular flexibility index (Phi) is 4.69. The molecule has 0 radical (unpaired) electrons. The van der Waals surface area contributed by atoms with Crippen molar-refractivity contribution in [2.24, 2.45) is 5.73 Å². The second-order valence-electron chi connectivity index (χ2n) is 5.45. The molecule has 1 aliphatic rings. The Morgan fingerprint density at radius 2 is 2.33 bits per heavy atom. The van der Waals surface area contributed by atoms with Gasteiger partial charge in [0.15, 0.2) is 0 Å². The molecule has 112 valence electrons. The summed E-state index contributed by atoms with van der Waals surface area (Å²) < 4.78 is 0. The molecule has 1 aliphatic heterocycles. The first-order valence-electron chi connectivity index (χ1n) is 7.29. The van der Waals surface area contributed by atoms with Gasteiger partial charge < -0.3 is 5.73 Å². The number of thioether (sulfide) groups is 1. The molecular formula is C16H20ClN3S. The molecule has 2 unspecified atom stereocenters. The summed E-state index contributed by atoms with van der Waals surface area (Å²) in [4.78, 5) is 7.07. The number of halogens is 1. The van der Waals surface area contributed by atoms with Crippen LogP contribution in [0.2, 0.25) is 5.02 Å². The molecule has 1 saturated heterocycles. The van der Waals surface area contributed by atoms with Gasteiger partial charge in [0.2, 0.25) is 0 Å². The van der Waals surface area contributed by atoms with Crippen LogP contribution in [0.15, 0.2) is 30.5 Å². The molecule has 21 heavy (non-hydrogen) atoms. The minimum Gasteiger partial charge on any atom is -0.329 e. The Hall–Kier alpha value is -0.810. The minimum atomic E-state index is 0.204. The number of hydrogen-bond acceptors (Lipinski definition) is 4. The van der Waals surface area contributed by atoms with Crippen molar-refractivity contribution in [2.75, 3.05) is 24.6 Å². The van der Waals surface area contributed by atoms with Gasteiger partial charge in [-0.2, -0.15) is 11.8 Å². The zero-order valence-corrected chi connectivity index (χ0v) is 13.7. The molecule has 1 aromatic carbocycles. The fourth-order valence-corrected chi connectivity index (χ4v) is 4.33. The van der Waals surface area contributed by atoms with E-state index in [-0.39, 0.29) is 6.04 Å². The summed E-state index contributed by atoms with van der Waals surface area (Å²) in [6, 6.07) is 8.74. The highest BCUT2D eigenvalue weighted by molar-refractivity contribution is 7.99. The zero-order valence-electron chi connectivity index (χ0n) is 12.1. The molecule has 2 atom stereocenters. The SMILES string of the molecule is CC1CSCCN1C(CN)c1ccc(Cl)c2cccnc12. The summed E-state index contributed by atoms with van der Waals surface area (Å²) in [5.74, 6) is 2.33. The second-order valence-corrected chi connectivity index (χ2v) is 7.01. The highest BCUT2D eigenvalue weighted by atomic mass is 35.5.